The molecule has 0 unspecified atom stereocenters. The van der Waals surface area contributed by atoms with E-state index in [1.807, 2.05) is 0 Å². The van der Waals surface area contributed by atoms with Gasteiger partial charge in [-0.25, -0.2) is 5.01 Å². The molecule has 0 saturated carbocycles. The fraction of sp³-hybridized carbons (Fsp3) is 0.353. The van der Waals surface area contributed by atoms with Gasteiger partial charge in [0, 0.05) is 12.6 Å². The Labute approximate surface area is 146 Å². The molecule has 0 bridgehead atoms. The van der Waals surface area contributed by atoms with Crippen LogP contribution in [0, 0.1) is 15.5 Å². The summed E-state index contributed by atoms with van der Waals surface area (Å²) < 4.78 is 41.6. The van der Waals surface area contributed by atoms with E-state index >= 15 is 0 Å². The Hall–Kier alpha value is -2.68. The summed E-state index contributed by atoms with van der Waals surface area (Å²) in [4.78, 5) is 22.6. The van der Waals surface area contributed by atoms with Crippen molar-refractivity contribution in [2.75, 3.05) is 6.54 Å². The Morgan fingerprint density at radius 2 is 1.81 bits per heavy atom. The van der Waals surface area contributed by atoms with Gasteiger partial charge < -0.3 is 0 Å². The number of nitro groups is 1. The van der Waals surface area contributed by atoms with Crippen molar-refractivity contribution >= 4 is 22.4 Å². The van der Waals surface area contributed by atoms with Crippen LogP contribution in [-0.2, 0) is 4.79 Å². The molecule has 0 radical (unpaired) electrons. The molecule has 0 spiro atoms. The number of amides is 1. The first-order valence-electron chi connectivity index (χ1n) is 7.82. The Morgan fingerprint density at radius 3 is 2.27 bits per heavy atom. The molecule has 138 valence electrons. The lowest BCUT2D eigenvalue weighted by atomic mass is 9.93. The molecule has 1 N–H and O–H groups in total. The molecule has 6 nitrogen and oxygen atoms in total. The number of halogens is 3. The number of hydrazine groups is 1. The molecule has 0 aliphatic carbocycles. The fourth-order valence-electron chi connectivity index (χ4n) is 3.12. The lowest BCUT2D eigenvalue weighted by molar-refractivity contribution is -0.386. The van der Waals surface area contributed by atoms with Gasteiger partial charge in [0.2, 0.25) is 5.91 Å². The van der Waals surface area contributed by atoms with Gasteiger partial charge in [-0.05, 0) is 30.7 Å². The van der Waals surface area contributed by atoms with Gasteiger partial charge >= 0.3 is 6.18 Å². The summed E-state index contributed by atoms with van der Waals surface area (Å²) in [7, 11) is 0. The Kier molecular flexibility index (Phi) is 4.14. The number of nitrogens with one attached hydrogen (secondary N) is 1. The highest BCUT2D eigenvalue weighted by Crippen LogP contribution is 2.44. The number of alkyl halides is 3. The van der Waals surface area contributed by atoms with E-state index in [0.717, 1.165) is 11.1 Å². The smallest absolute Gasteiger partial charge is 0.287 e. The van der Waals surface area contributed by atoms with Gasteiger partial charge in [0.1, 0.15) is 0 Å². The van der Waals surface area contributed by atoms with E-state index < -0.39 is 39.7 Å². The van der Waals surface area contributed by atoms with Crippen LogP contribution >= 0.6 is 0 Å². The number of carbonyl (C=O) groups is 1. The number of nitrogens with zero attached hydrogens (tertiary/aromatic N) is 2. The van der Waals surface area contributed by atoms with E-state index in [0.29, 0.717) is 10.8 Å². The number of nitro benzene ring substituents is 1. The van der Waals surface area contributed by atoms with Crippen molar-refractivity contribution < 1.29 is 22.9 Å². The first-order chi connectivity index (χ1) is 12.0. The summed E-state index contributed by atoms with van der Waals surface area (Å²) in [5.74, 6) is -0.560. The molecule has 26 heavy (non-hydrogen) atoms. The number of hydrogen-bond acceptors (Lipinski definition) is 4. The summed E-state index contributed by atoms with van der Waals surface area (Å²) >= 11 is 0. The molecular weight excluding hydrogens is 351 g/mol. The highest BCUT2D eigenvalue weighted by molar-refractivity contribution is 5.86. The SMILES string of the molecule is CC1(C)CN([C@@H](c2cc3ccccc3cc2[N+](=O)[O-])C(F)(F)F)NC1=O. The molecule has 9 heteroatoms. The van der Waals surface area contributed by atoms with Gasteiger partial charge in [-0.1, -0.05) is 24.3 Å². The molecule has 3 rings (SSSR count). The zero-order valence-corrected chi connectivity index (χ0v) is 14.0. The number of fused-ring (bicyclic) bond motifs is 1. The summed E-state index contributed by atoms with van der Waals surface area (Å²) in [6.45, 7) is 2.81. The summed E-state index contributed by atoms with van der Waals surface area (Å²) in [6, 6.07) is 6.45. The average Bonchev–Trinajstić information content (AvgIpc) is 2.78. The Morgan fingerprint density at radius 1 is 1.23 bits per heavy atom. The minimum Gasteiger partial charge on any atom is -0.287 e. The van der Waals surface area contributed by atoms with Gasteiger partial charge in [-0.15, -0.1) is 0 Å². The molecule has 0 aromatic heterocycles. The molecule has 1 fully saturated rings. The molecule has 1 aliphatic rings. The van der Waals surface area contributed by atoms with Crippen LogP contribution < -0.4 is 5.43 Å². The lowest BCUT2D eigenvalue weighted by Crippen LogP contribution is -2.43. The summed E-state index contributed by atoms with van der Waals surface area (Å²) in [5.41, 5.74) is 0.0476. The summed E-state index contributed by atoms with van der Waals surface area (Å²) in [6.07, 6.45) is -4.82. The first kappa shape index (κ1) is 18.1. The highest BCUT2D eigenvalue weighted by Gasteiger charge is 2.53. The molecule has 1 aliphatic heterocycles. The maximum atomic E-state index is 13.9. The normalized spacial score (nSPS) is 18.7. The number of hydrogen-bond donors (Lipinski definition) is 1. The van der Waals surface area contributed by atoms with Crippen LogP contribution in [0.3, 0.4) is 0 Å². The molecule has 2 aromatic rings. The van der Waals surface area contributed by atoms with Crippen LogP contribution in [0.2, 0.25) is 0 Å². The van der Waals surface area contributed by atoms with Crippen molar-refractivity contribution in [1.29, 1.82) is 0 Å². The van der Waals surface area contributed by atoms with Crippen molar-refractivity contribution in [3.8, 4) is 0 Å². The zero-order valence-electron chi connectivity index (χ0n) is 14.0. The molecule has 1 atom stereocenters. The topological polar surface area (TPSA) is 75.5 Å². The summed E-state index contributed by atoms with van der Waals surface area (Å²) in [5, 5.41) is 13.1. The zero-order chi connectivity index (χ0) is 19.3. The van der Waals surface area contributed by atoms with Crippen molar-refractivity contribution in [2.24, 2.45) is 5.41 Å². The van der Waals surface area contributed by atoms with E-state index in [9.17, 15) is 28.1 Å². The van der Waals surface area contributed by atoms with Crippen LogP contribution in [-0.4, -0.2) is 28.6 Å². The predicted octanol–water partition coefficient (Wildman–Crippen LogP) is 3.72. The minimum atomic E-state index is -4.82. The van der Waals surface area contributed by atoms with E-state index in [1.165, 1.54) is 19.9 Å². The average molecular weight is 367 g/mol. The molecule has 1 heterocycles. The Bertz CT molecular complexity index is 896. The van der Waals surface area contributed by atoms with Crippen molar-refractivity contribution in [3.05, 3.63) is 52.1 Å². The van der Waals surface area contributed by atoms with Crippen molar-refractivity contribution in [2.45, 2.75) is 26.1 Å². The van der Waals surface area contributed by atoms with Gasteiger partial charge in [0.15, 0.2) is 6.04 Å². The van der Waals surface area contributed by atoms with E-state index in [-0.39, 0.29) is 6.54 Å². The second kappa shape index (κ2) is 5.94. The van der Waals surface area contributed by atoms with Crippen molar-refractivity contribution in [3.63, 3.8) is 0 Å². The molecule has 2 aromatic carbocycles. The molecule has 1 saturated heterocycles. The quantitative estimate of drug-likeness (QED) is 0.663. The van der Waals surface area contributed by atoms with Crippen LogP contribution in [0.4, 0.5) is 18.9 Å². The third-order valence-electron chi connectivity index (χ3n) is 4.43. The van der Waals surface area contributed by atoms with Crippen LogP contribution in [0.1, 0.15) is 25.5 Å². The second-order valence-corrected chi connectivity index (χ2v) is 6.91. The maximum absolute atomic E-state index is 13.9. The second-order valence-electron chi connectivity index (χ2n) is 6.91. The van der Waals surface area contributed by atoms with Crippen LogP contribution in [0.5, 0.6) is 0 Å². The molecule has 1 amide bonds. The minimum absolute atomic E-state index is 0.222. The van der Waals surface area contributed by atoms with Crippen LogP contribution in [0.15, 0.2) is 36.4 Å². The number of benzene rings is 2. The molecular formula is C17H16F3N3O3. The number of carbonyl (C=O) groups excluding carboxylic acids is 1. The largest absolute Gasteiger partial charge is 0.410 e. The van der Waals surface area contributed by atoms with Crippen molar-refractivity contribution in [1.82, 2.24) is 10.4 Å². The van der Waals surface area contributed by atoms with E-state index in [2.05, 4.69) is 5.43 Å². The van der Waals surface area contributed by atoms with E-state index in [4.69, 9.17) is 0 Å². The Balaban J connectivity index is 2.20. The third kappa shape index (κ3) is 3.10. The van der Waals surface area contributed by atoms with Crippen LogP contribution in [0.25, 0.3) is 10.8 Å². The standard InChI is InChI=1S/C17H16F3N3O3/c1-16(2)9-22(21-15(16)24)14(17(18,19)20)12-7-10-5-3-4-6-11(10)8-13(12)23(25)26/h3-8,14H,9H2,1-2H3,(H,21,24)/t14-/m0/s1. The third-order valence-corrected chi connectivity index (χ3v) is 4.43. The van der Waals surface area contributed by atoms with Gasteiger partial charge in [-0.2, -0.15) is 13.2 Å². The first-order valence-corrected chi connectivity index (χ1v) is 7.82. The number of rotatable bonds is 3. The van der Waals surface area contributed by atoms with Gasteiger partial charge in [0.05, 0.1) is 15.9 Å². The van der Waals surface area contributed by atoms with E-state index in [1.54, 1.807) is 24.3 Å². The monoisotopic (exact) mass is 367 g/mol. The maximum Gasteiger partial charge on any atom is 0.410 e. The van der Waals surface area contributed by atoms with Gasteiger partial charge in [0.25, 0.3) is 5.69 Å². The highest BCUT2D eigenvalue weighted by atomic mass is 19.4. The fourth-order valence-corrected chi connectivity index (χ4v) is 3.12. The van der Waals surface area contributed by atoms with Gasteiger partial charge in [-0.3, -0.25) is 20.3 Å². The predicted molar refractivity (Wildman–Crippen MR) is 88.0 cm³/mol. The lowest BCUT2D eigenvalue weighted by Gasteiger charge is -2.29.